The van der Waals surface area contributed by atoms with Gasteiger partial charge in [-0.2, -0.15) is 8.42 Å². The molecule has 0 bridgehead atoms. The Hall–Kier alpha value is -1.75. The Balaban J connectivity index is 2.02. The van der Waals surface area contributed by atoms with E-state index in [0.29, 0.717) is 5.02 Å². The number of hydrogen-bond donors (Lipinski definition) is 0. The highest BCUT2D eigenvalue weighted by Crippen LogP contribution is 2.30. The van der Waals surface area contributed by atoms with Crippen LogP contribution in [-0.4, -0.2) is 8.42 Å². The number of rotatable bonds is 3. The van der Waals surface area contributed by atoms with Crippen molar-refractivity contribution in [1.82, 2.24) is 0 Å². The van der Waals surface area contributed by atoms with E-state index < -0.39 is 10.1 Å². The Morgan fingerprint density at radius 1 is 0.818 bits per heavy atom. The molecule has 0 fully saturated rings. The first-order chi connectivity index (χ1) is 10.5. The van der Waals surface area contributed by atoms with Crippen LogP contribution in [-0.2, 0) is 10.1 Å². The summed E-state index contributed by atoms with van der Waals surface area (Å²) in [6.07, 6.45) is 0. The molecule has 0 saturated heterocycles. The average Bonchev–Trinajstić information content (AvgIpc) is 2.50. The molecule has 0 amide bonds. The molecule has 3 rings (SSSR count). The minimum absolute atomic E-state index is 0.00215. The summed E-state index contributed by atoms with van der Waals surface area (Å²) in [5.74, 6) is 0.00215. The van der Waals surface area contributed by atoms with Crippen molar-refractivity contribution in [3.8, 4) is 5.75 Å². The van der Waals surface area contributed by atoms with Gasteiger partial charge >= 0.3 is 10.1 Å². The highest BCUT2D eigenvalue weighted by Gasteiger charge is 2.19. The molecule has 6 heteroatoms. The van der Waals surface area contributed by atoms with Gasteiger partial charge in [-0.15, -0.1) is 0 Å². The molecule has 3 aromatic carbocycles. The monoisotopic (exact) mass is 352 g/mol. The third-order valence-electron chi connectivity index (χ3n) is 3.10. The van der Waals surface area contributed by atoms with Gasteiger partial charge in [0.25, 0.3) is 0 Å². The first-order valence-corrected chi connectivity index (χ1v) is 8.50. The van der Waals surface area contributed by atoms with Gasteiger partial charge in [-0.05, 0) is 35.0 Å². The summed E-state index contributed by atoms with van der Waals surface area (Å²) in [5.41, 5.74) is 0. The van der Waals surface area contributed by atoms with Crippen molar-refractivity contribution < 1.29 is 12.6 Å². The molecule has 3 aromatic rings. The maximum atomic E-state index is 12.4. The smallest absolute Gasteiger partial charge is 0.339 e. The summed E-state index contributed by atoms with van der Waals surface area (Å²) in [7, 11) is -3.99. The third-order valence-corrected chi connectivity index (χ3v) is 4.88. The van der Waals surface area contributed by atoms with Crippen molar-refractivity contribution in [3.05, 3.63) is 70.7 Å². The van der Waals surface area contributed by atoms with Crippen molar-refractivity contribution >= 4 is 44.1 Å². The fourth-order valence-electron chi connectivity index (χ4n) is 2.03. The van der Waals surface area contributed by atoms with Crippen LogP contribution in [0.25, 0.3) is 10.8 Å². The first-order valence-electron chi connectivity index (χ1n) is 6.34. The number of halogens is 2. The molecule has 0 atom stereocenters. The molecular weight excluding hydrogens is 343 g/mol. The zero-order valence-corrected chi connectivity index (χ0v) is 13.5. The average molecular weight is 353 g/mol. The Morgan fingerprint density at radius 3 is 2.32 bits per heavy atom. The normalized spacial score (nSPS) is 11.5. The quantitative estimate of drug-likeness (QED) is 0.628. The van der Waals surface area contributed by atoms with E-state index in [9.17, 15) is 8.42 Å². The molecule has 22 heavy (non-hydrogen) atoms. The van der Waals surface area contributed by atoms with Crippen LogP contribution in [0.15, 0.2) is 65.6 Å². The summed E-state index contributed by atoms with van der Waals surface area (Å²) in [6, 6.07) is 16.6. The molecule has 0 saturated carbocycles. The van der Waals surface area contributed by atoms with Gasteiger partial charge in [-0.25, -0.2) is 0 Å². The molecule has 0 unspecified atom stereocenters. The SMILES string of the molecule is O=S(=O)(Oc1cc(Cl)ccc1Cl)c1ccc2ccccc2c1. The van der Waals surface area contributed by atoms with Crippen molar-refractivity contribution in [2.45, 2.75) is 4.90 Å². The van der Waals surface area contributed by atoms with E-state index in [0.717, 1.165) is 10.8 Å². The lowest BCUT2D eigenvalue weighted by Gasteiger charge is -2.09. The lowest BCUT2D eigenvalue weighted by Crippen LogP contribution is -2.10. The maximum absolute atomic E-state index is 12.4. The molecule has 0 heterocycles. The lowest BCUT2D eigenvalue weighted by atomic mass is 10.1. The zero-order valence-electron chi connectivity index (χ0n) is 11.2. The second kappa shape index (κ2) is 5.80. The highest BCUT2D eigenvalue weighted by molar-refractivity contribution is 7.87. The van der Waals surface area contributed by atoms with Crippen LogP contribution in [0.3, 0.4) is 0 Å². The maximum Gasteiger partial charge on any atom is 0.339 e. The minimum Gasteiger partial charge on any atom is -0.377 e. The number of benzene rings is 3. The summed E-state index contributed by atoms with van der Waals surface area (Å²) < 4.78 is 29.9. The molecule has 0 aliphatic rings. The van der Waals surface area contributed by atoms with Gasteiger partial charge in [0.15, 0.2) is 5.75 Å². The molecule has 3 nitrogen and oxygen atoms in total. The van der Waals surface area contributed by atoms with Crippen molar-refractivity contribution in [3.63, 3.8) is 0 Å². The van der Waals surface area contributed by atoms with E-state index >= 15 is 0 Å². The van der Waals surface area contributed by atoms with E-state index in [1.54, 1.807) is 18.2 Å². The van der Waals surface area contributed by atoms with Gasteiger partial charge in [0.2, 0.25) is 0 Å². The van der Waals surface area contributed by atoms with Crippen molar-refractivity contribution in [2.24, 2.45) is 0 Å². The summed E-state index contributed by atoms with van der Waals surface area (Å²) >= 11 is 11.8. The molecule has 0 aliphatic carbocycles. The van der Waals surface area contributed by atoms with E-state index in [1.165, 1.54) is 18.2 Å². The standard InChI is InChI=1S/C16H10Cl2O3S/c17-13-6-8-15(18)16(10-13)21-22(19,20)14-7-5-11-3-1-2-4-12(11)9-14/h1-10H. The van der Waals surface area contributed by atoms with Crippen LogP contribution in [0, 0.1) is 0 Å². The molecule has 112 valence electrons. The molecule has 0 aliphatic heterocycles. The van der Waals surface area contributed by atoms with Crippen LogP contribution < -0.4 is 4.18 Å². The van der Waals surface area contributed by atoms with E-state index in [-0.39, 0.29) is 15.7 Å². The molecule has 0 N–H and O–H groups in total. The Morgan fingerprint density at radius 2 is 1.55 bits per heavy atom. The zero-order chi connectivity index (χ0) is 15.7. The molecule has 0 radical (unpaired) electrons. The van der Waals surface area contributed by atoms with Crippen LogP contribution in [0.1, 0.15) is 0 Å². The summed E-state index contributed by atoms with van der Waals surface area (Å²) in [4.78, 5) is 0.0576. The van der Waals surface area contributed by atoms with E-state index in [1.807, 2.05) is 24.3 Å². The van der Waals surface area contributed by atoms with Gasteiger partial charge in [-0.1, -0.05) is 53.5 Å². The van der Waals surface area contributed by atoms with E-state index in [2.05, 4.69) is 0 Å². The fourth-order valence-corrected chi connectivity index (χ4v) is 3.37. The van der Waals surface area contributed by atoms with Crippen LogP contribution in [0.4, 0.5) is 0 Å². The summed E-state index contributed by atoms with van der Waals surface area (Å²) in [5, 5.41) is 2.27. The third kappa shape index (κ3) is 3.04. The Labute approximate surface area is 138 Å². The Kier molecular flexibility index (Phi) is 4.00. The van der Waals surface area contributed by atoms with Gasteiger partial charge in [0, 0.05) is 11.1 Å². The topological polar surface area (TPSA) is 43.4 Å². The molecular formula is C16H10Cl2O3S. The van der Waals surface area contributed by atoms with Crippen LogP contribution in [0.5, 0.6) is 5.75 Å². The van der Waals surface area contributed by atoms with Gasteiger partial charge in [-0.3, -0.25) is 0 Å². The summed E-state index contributed by atoms with van der Waals surface area (Å²) in [6.45, 7) is 0. The predicted molar refractivity (Wildman–Crippen MR) is 88.2 cm³/mol. The minimum atomic E-state index is -3.99. The highest BCUT2D eigenvalue weighted by atomic mass is 35.5. The number of hydrogen-bond acceptors (Lipinski definition) is 3. The molecule has 0 spiro atoms. The lowest BCUT2D eigenvalue weighted by molar-refractivity contribution is 0.486. The second-order valence-corrected chi connectivity index (χ2v) is 7.01. The Bertz CT molecular complexity index is 953. The fraction of sp³-hybridized carbons (Fsp3) is 0. The second-order valence-electron chi connectivity index (χ2n) is 4.62. The van der Waals surface area contributed by atoms with Gasteiger partial charge < -0.3 is 4.18 Å². The first kappa shape index (κ1) is 15.2. The van der Waals surface area contributed by atoms with Gasteiger partial charge in [0.1, 0.15) is 4.90 Å². The number of fused-ring (bicyclic) bond motifs is 1. The van der Waals surface area contributed by atoms with Crippen molar-refractivity contribution in [2.75, 3.05) is 0 Å². The van der Waals surface area contributed by atoms with E-state index in [4.69, 9.17) is 27.4 Å². The van der Waals surface area contributed by atoms with Crippen LogP contribution >= 0.6 is 23.2 Å². The molecule has 0 aromatic heterocycles. The van der Waals surface area contributed by atoms with Crippen molar-refractivity contribution in [1.29, 1.82) is 0 Å². The van der Waals surface area contributed by atoms with Crippen LogP contribution in [0.2, 0.25) is 10.0 Å². The predicted octanol–water partition coefficient (Wildman–Crippen LogP) is 4.91. The largest absolute Gasteiger partial charge is 0.377 e. The van der Waals surface area contributed by atoms with Gasteiger partial charge in [0.05, 0.1) is 5.02 Å².